The maximum absolute atomic E-state index is 11.5. The second-order valence-electron chi connectivity index (χ2n) is 7.27. The lowest BCUT2D eigenvalue weighted by molar-refractivity contribution is 0.0699. The second-order valence-corrected chi connectivity index (χ2v) is 8.24. The van der Waals surface area contributed by atoms with E-state index in [0.29, 0.717) is 16.6 Å². The van der Waals surface area contributed by atoms with Crippen LogP contribution in [0.25, 0.3) is 0 Å². The van der Waals surface area contributed by atoms with Gasteiger partial charge in [-0.05, 0) is 18.8 Å². The van der Waals surface area contributed by atoms with Gasteiger partial charge in [0.25, 0.3) is 0 Å². The number of carboxylic acid groups (broad SMARTS) is 1. The van der Waals surface area contributed by atoms with E-state index in [1.54, 1.807) is 0 Å². The molecule has 2 unspecified atom stereocenters. The van der Waals surface area contributed by atoms with Gasteiger partial charge < -0.3 is 10.0 Å². The van der Waals surface area contributed by atoms with Crippen LogP contribution in [0.1, 0.15) is 68.7 Å². The lowest BCUT2D eigenvalue weighted by Gasteiger charge is -2.34. The molecule has 1 aromatic heterocycles. The van der Waals surface area contributed by atoms with Gasteiger partial charge in [-0.2, -0.15) is 0 Å². The summed E-state index contributed by atoms with van der Waals surface area (Å²) in [5.41, 5.74) is 0.453. The second kappa shape index (κ2) is 5.95. The molecular formula is C16H26N2O2S. The summed E-state index contributed by atoms with van der Waals surface area (Å²) in [6, 6.07) is 0.481. The molecule has 0 bridgehead atoms. The van der Waals surface area contributed by atoms with Crippen molar-refractivity contribution in [3.05, 3.63) is 10.6 Å². The van der Waals surface area contributed by atoms with Gasteiger partial charge in [-0.1, -0.05) is 51.9 Å². The Morgan fingerprint density at radius 3 is 2.52 bits per heavy atom. The third kappa shape index (κ3) is 3.57. The van der Waals surface area contributed by atoms with E-state index < -0.39 is 5.97 Å². The average Bonchev–Trinajstić information content (AvgIpc) is 2.83. The van der Waals surface area contributed by atoms with Gasteiger partial charge in [-0.3, -0.25) is 0 Å². The molecule has 0 saturated heterocycles. The molecule has 1 aliphatic rings. The minimum atomic E-state index is -0.867. The van der Waals surface area contributed by atoms with Gasteiger partial charge in [0.2, 0.25) is 0 Å². The van der Waals surface area contributed by atoms with Crippen LogP contribution < -0.4 is 4.90 Å². The van der Waals surface area contributed by atoms with Crippen molar-refractivity contribution in [3.8, 4) is 0 Å². The molecule has 21 heavy (non-hydrogen) atoms. The summed E-state index contributed by atoms with van der Waals surface area (Å²) in [4.78, 5) is 18.7. The molecule has 0 amide bonds. The molecule has 1 fully saturated rings. The number of anilines is 1. The molecule has 118 valence electrons. The fourth-order valence-electron chi connectivity index (χ4n) is 3.02. The lowest BCUT2D eigenvalue weighted by Crippen LogP contribution is -2.35. The van der Waals surface area contributed by atoms with Gasteiger partial charge in [-0.15, -0.1) is 0 Å². The summed E-state index contributed by atoms with van der Waals surface area (Å²) in [5.74, 6) is -0.124. The Balaban J connectivity index is 2.29. The van der Waals surface area contributed by atoms with Crippen LogP contribution in [0.2, 0.25) is 0 Å². The zero-order chi connectivity index (χ0) is 15.8. The number of nitrogens with zero attached hydrogens (tertiary/aromatic N) is 2. The van der Waals surface area contributed by atoms with E-state index in [-0.39, 0.29) is 5.41 Å². The third-order valence-corrected chi connectivity index (χ3v) is 5.41. The summed E-state index contributed by atoms with van der Waals surface area (Å²) in [5, 5.41) is 10.3. The van der Waals surface area contributed by atoms with Gasteiger partial charge in [0.15, 0.2) is 5.13 Å². The van der Waals surface area contributed by atoms with Crippen LogP contribution in [0.5, 0.6) is 0 Å². The Bertz CT molecular complexity index is 519. The number of aromatic carboxylic acids is 1. The Kier molecular flexibility index (Phi) is 4.61. The van der Waals surface area contributed by atoms with E-state index in [1.807, 2.05) is 20.8 Å². The molecule has 4 nitrogen and oxygen atoms in total. The van der Waals surface area contributed by atoms with Gasteiger partial charge in [0.05, 0.1) is 5.69 Å². The highest BCUT2D eigenvalue weighted by Gasteiger charge is 2.30. The topological polar surface area (TPSA) is 53.4 Å². The van der Waals surface area contributed by atoms with Crippen LogP contribution in [0.4, 0.5) is 5.13 Å². The van der Waals surface area contributed by atoms with Crippen LogP contribution >= 0.6 is 11.3 Å². The van der Waals surface area contributed by atoms with Gasteiger partial charge >= 0.3 is 5.97 Å². The number of hydrogen-bond acceptors (Lipinski definition) is 4. The molecule has 1 saturated carbocycles. The molecule has 1 aromatic rings. The first-order valence-electron chi connectivity index (χ1n) is 7.67. The highest BCUT2D eigenvalue weighted by molar-refractivity contribution is 7.17. The molecule has 2 rings (SSSR count). The van der Waals surface area contributed by atoms with E-state index >= 15 is 0 Å². The number of rotatable bonds is 3. The number of thiazole rings is 1. The highest BCUT2D eigenvalue weighted by Crippen LogP contribution is 2.36. The summed E-state index contributed by atoms with van der Waals surface area (Å²) in [6.07, 6.45) is 4.90. The smallest absolute Gasteiger partial charge is 0.347 e. The van der Waals surface area contributed by atoms with E-state index in [4.69, 9.17) is 0 Å². The standard InChI is InChI=1S/C16H26N2O2S/c1-10-7-6-8-11(9-10)18(5)15-17-13(16(2,3)4)12(21-15)14(19)20/h10-11H,6-9H2,1-5H3,(H,19,20). The van der Waals surface area contributed by atoms with E-state index in [0.717, 1.165) is 11.0 Å². The monoisotopic (exact) mass is 310 g/mol. The Hall–Kier alpha value is -1.10. The first kappa shape index (κ1) is 16.3. The van der Waals surface area contributed by atoms with Crippen molar-refractivity contribution >= 4 is 22.4 Å². The summed E-state index contributed by atoms with van der Waals surface area (Å²) in [7, 11) is 2.06. The first-order valence-corrected chi connectivity index (χ1v) is 8.49. The van der Waals surface area contributed by atoms with Crippen molar-refractivity contribution < 1.29 is 9.90 Å². The molecule has 5 heteroatoms. The summed E-state index contributed by atoms with van der Waals surface area (Å²) in [6.45, 7) is 8.34. The Morgan fingerprint density at radius 1 is 1.38 bits per heavy atom. The number of carboxylic acids is 1. The van der Waals surface area contributed by atoms with Crippen molar-refractivity contribution in [2.75, 3.05) is 11.9 Å². The fourth-order valence-corrected chi connectivity index (χ4v) is 4.17. The Labute approximate surface area is 131 Å². The molecular weight excluding hydrogens is 284 g/mol. The number of aromatic nitrogens is 1. The Morgan fingerprint density at radius 2 is 2.05 bits per heavy atom. The molecule has 1 aliphatic carbocycles. The van der Waals surface area contributed by atoms with Crippen molar-refractivity contribution in [3.63, 3.8) is 0 Å². The zero-order valence-electron chi connectivity index (χ0n) is 13.6. The van der Waals surface area contributed by atoms with Gasteiger partial charge in [0.1, 0.15) is 4.88 Å². The van der Waals surface area contributed by atoms with Gasteiger partial charge in [-0.25, -0.2) is 9.78 Å². The molecule has 1 N–H and O–H groups in total. The minimum absolute atomic E-state index is 0.247. The van der Waals surface area contributed by atoms with E-state index in [2.05, 4.69) is 23.9 Å². The molecule has 0 spiro atoms. The van der Waals surface area contributed by atoms with Crippen molar-refractivity contribution in [1.29, 1.82) is 0 Å². The van der Waals surface area contributed by atoms with Crippen molar-refractivity contribution in [2.45, 2.75) is 64.8 Å². The highest BCUT2D eigenvalue weighted by atomic mass is 32.1. The van der Waals surface area contributed by atoms with Crippen molar-refractivity contribution in [1.82, 2.24) is 4.98 Å². The quantitative estimate of drug-likeness (QED) is 0.911. The van der Waals surface area contributed by atoms with E-state index in [1.165, 1.54) is 37.0 Å². The van der Waals surface area contributed by atoms with Crippen LogP contribution in [0, 0.1) is 5.92 Å². The number of hydrogen-bond donors (Lipinski definition) is 1. The molecule has 2 atom stereocenters. The van der Waals surface area contributed by atoms with Crippen LogP contribution in [0.15, 0.2) is 0 Å². The van der Waals surface area contributed by atoms with Crippen LogP contribution in [-0.4, -0.2) is 29.1 Å². The first-order chi connectivity index (χ1) is 9.70. The molecule has 0 radical (unpaired) electrons. The minimum Gasteiger partial charge on any atom is -0.477 e. The molecule has 0 aromatic carbocycles. The normalized spacial score (nSPS) is 23.1. The molecule has 0 aliphatic heterocycles. The van der Waals surface area contributed by atoms with Gasteiger partial charge in [0, 0.05) is 18.5 Å². The third-order valence-electron chi connectivity index (χ3n) is 4.28. The van der Waals surface area contributed by atoms with Crippen LogP contribution in [0.3, 0.4) is 0 Å². The maximum atomic E-state index is 11.5. The maximum Gasteiger partial charge on any atom is 0.347 e. The number of carbonyl (C=O) groups is 1. The summed E-state index contributed by atoms with van der Waals surface area (Å²) >= 11 is 1.31. The SMILES string of the molecule is CC1CCCC(N(C)c2nc(C(C)(C)C)c(C(=O)O)s2)C1. The predicted molar refractivity (Wildman–Crippen MR) is 87.6 cm³/mol. The van der Waals surface area contributed by atoms with Crippen molar-refractivity contribution in [2.24, 2.45) is 5.92 Å². The van der Waals surface area contributed by atoms with Crippen LogP contribution in [-0.2, 0) is 5.41 Å². The fraction of sp³-hybridized carbons (Fsp3) is 0.750. The largest absolute Gasteiger partial charge is 0.477 e. The average molecular weight is 310 g/mol. The molecule has 1 heterocycles. The predicted octanol–water partition coefficient (Wildman–Crippen LogP) is 4.15. The zero-order valence-corrected chi connectivity index (χ0v) is 14.5. The summed E-state index contributed by atoms with van der Waals surface area (Å²) < 4.78 is 0. The lowest BCUT2D eigenvalue weighted by atomic mass is 9.86. The van der Waals surface area contributed by atoms with E-state index in [9.17, 15) is 9.90 Å².